The fraction of sp³-hybridized carbons (Fsp3) is 0.407. The number of carbonyl (C=O) groups is 2. The van der Waals surface area contributed by atoms with Gasteiger partial charge in [0.25, 0.3) is 0 Å². The normalized spacial score (nSPS) is 13.5. The number of thioether (sulfide) groups is 1. The maximum Gasteiger partial charge on any atom is 0.341 e. The first-order valence-electron chi connectivity index (χ1n) is 12.4. The van der Waals surface area contributed by atoms with E-state index in [9.17, 15) is 9.59 Å². The number of anilines is 1. The Morgan fingerprint density at radius 3 is 2.73 bits per heavy atom. The van der Waals surface area contributed by atoms with E-state index in [1.165, 1.54) is 23.1 Å². The number of hydrogen-bond donors (Lipinski definition) is 1. The fourth-order valence-electron chi connectivity index (χ4n) is 4.25. The fourth-order valence-corrected chi connectivity index (χ4v) is 6.30. The minimum atomic E-state index is -0.372. The molecule has 4 rings (SSSR count). The number of aromatic nitrogens is 3. The van der Waals surface area contributed by atoms with Crippen LogP contribution in [0.15, 0.2) is 42.1 Å². The molecule has 2 aromatic heterocycles. The third-order valence-electron chi connectivity index (χ3n) is 5.99. The molecule has 1 aliphatic rings. The summed E-state index contributed by atoms with van der Waals surface area (Å²) in [5.41, 5.74) is 2.69. The van der Waals surface area contributed by atoms with Crippen LogP contribution in [0.1, 0.15) is 65.0 Å². The lowest BCUT2D eigenvalue weighted by molar-refractivity contribution is -0.113. The summed E-state index contributed by atoms with van der Waals surface area (Å²) in [7, 11) is 0. The Labute approximate surface area is 225 Å². The maximum atomic E-state index is 12.9. The largest absolute Gasteiger partial charge is 0.483 e. The highest BCUT2D eigenvalue weighted by atomic mass is 32.2. The van der Waals surface area contributed by atoms with Crippen molar-refractivity contribution in [1.29, 1.82) is 0 Å². The molecule has 3 aromatic rings. The Morgan fingerprint density at radius 2 is 2.00 bits per heavy atom. The van der Waals surface area contributed by atoms with Crippen LogP contribution >= 0.6 is 23.1 Å². The number of allylic oxidation sites excluding steroid dienone is 1. The number of ether oxygens (including phenoxy) is 2. The van der Waals surface area contributed by atoms with Crippen molar-refractivity contribution >= 4 is 40.0 Å². The number of esters is 1. The molecule has 1 atom stereocenters. The highest BCUT2D eigenvalue weighted by molar-refractivity contribution is 7.99. The second kappa shape index (κ2) is 12.4. The number of carbonyl (C=O) groups excluding carboxylic acids is 2. The summed E-state index contributed by atoms with van der Waals surface area (Å²) in [6, 6.07) is 7.83. The first-order chi connectivity index (χ1) is 17.9. The molecule has 0 saturated carbocycles. The summed E-state index contributed by atoms with van der Waals surface area (Å²) < 4.78 is 13.3. The summed E-state index contributed by atoms with van der Waals surface area (Å²) in [6.07, 6.45) is 5.30. The maximum absolute atomic E-state index is 12.9. The van der Waals surface area contributed by atoms with Crippen LogP contribution in [0.3, 0.4) is 0 Å². The number of fused-ring (bicyclic) bond motifs is 1. The molecule has 1 amide bonds. The summed E-state index contributed by atoms with van der Waals surface area (Å²) in [5, 5.41) is 12.8. The second-order valence-corrected chi connectivity index (χ2v) is 10.8. The third kappa shape index (κ3) is 6.42. The van der Waals surface area contributed by atoms with Gasteiger partial charge in [-0.2, -0.15) is 0 Å². The molecule has 0 bridgehead atoms. The number of nitrogens with one attached hydrogen (secondary N) is 1. The van der Waals surface area contributed by atoms with Crippen molar-refractivity contribution in [1.82, 2.24) is 14.8 Å². The molecule has 0 saturated heterocycles. The lowest BCUT2D eigenvalue weighted by atomic mass is 9.95. The number of amides is 1. The zero-order valence-electron chi connectivity index (χ0n) is 21.4. The first-order valence-corrected chi connectivity index (χ1v) is 14.2. The molecule has 1 N–H and O–H groups in total. The summed E-state index contributed by atoms with van der Waals surface area (Å²) in [5.74, 6) is 0.929. The molecule has 1 unspecified atom stereocenters. The molecule has 0 fully saturated rings. The van der Waals surface area contributed by atoms with Crippen LogP contribution < -0.4 is 10.1 Å². The van der Waals surface area contributed by atoms with E-state index in [-0.39, 0.29) is 23.7 Å². The van der Waals surface area contributed by atoms with Gasteiger partial charge in [-0.3, -0.25) is 9.36 Å². The average Bonchev–Trinajstić information content (AvgIpc) is 3.45. The van der Waals surface area contributed by atoms with Gasteiger partial charge in [0, 0.05) is 11.4 Å². The summed E-state index contributed by atoms with van der Waals surface area (Å²) in [6.45, 7) is 10.3. The van der Waals surface area contributed by atoms with Crippen molar-refractivity contribution in [2.24, 2.45) is 0 Å². The van der Waals surface area contributed by atoms with E-state index in [1.54, 1.807) is 13.0 Å². The number of rotatable bonds is 11. The predicted octanol–water partition coefficient (Wildman–Crippen LogP) is 5.76. The molecule has 8 nitrogen and oxygen atoms in total. The Bertz CT molecular complexity index is 1270. The molecule has 2 heterocycles. The topological polar surface area (TPSA) is 95.3 Å². The van der Waals surface area contributed by atoms with E-state index in [0.717, 1.165) is 47.4 Å². The van der Waals surface area contributed by atoms with Gasteiger partial charge in [-0.05, 0) is 64.2 Å². The number of thiophene rings is 1. The highest BCUT2D eigenvalue weighted by Gasteiger charge is 2.27. The molecule has 0 spiro atoms. The number of nitrogens with zero attached hydrogens (tertiary/aromatic N) is 3. The van der Waals surface area contributed by atoms with Crippen molar-refractivity contribution in [3.05, 3.63) is 64.3 Å². The van der Waals surface area contributed by atoms with Crippen LogP contribution in [0.4, 0.5) is 5.00 Å². The summed E-state index contributed by atoms with van der Waals surface area (Å²) in [4.78, 5) is 26.8. The zero-order chi connectivity index (χ0) is 26.4. The number of aryl methyl sites for hydroxylation is 2. The Morgan fingerprint density at radius 1 is 1.24 bits per heavy atom. The molecule has 0 aliphatic heterocycles. The van der Waals surface area contributed by atoms with Crippen LogP contribution in [0.25, 0.3) is 0 Å². The van der Waals surface area contributed by atoms with E-state index in [1.807, 2.05) is 42.7 Å². The molecular formula is C27H32N4O4S2. The van der Waals surface area contributed by atoms with Crippen molar-refractivity contribution < 1.29 is 19.1 Å². The smallest absolute Gasteiger partial charge is 0.341 e. The van der Waals surface area contributed by atoms with Gasteiger partial charge < -0.3 is 14.8 Å². The second-order valence-electron chi connectivity index (χ2n) is 8.79. The van der Waals surface area contributed by atoms with Crippen molar-refractivity contribution in [3.8, 4) is 5.75 Å². The predicted molar refractivity (Wildman–Crippen MR) is 147 cm³/mol. The minimum Gasteiger partial charge on any atom is -0.483 e. The molecule has 0 radical (unpaired) electrons. The van der Waals surface area contributed by atoms with Gasteiger partial charge in [0.05, 0.1) is 17.9 Å². The molecule has 37 heavy (non-hydrogen) atoms. The van der Waals surface area contributed by atoms with Gasteiger partial charge in [0.2, 0.25) is 5.91 Å². The van der Waals surface area contributed by atoms with E-state index in [2.05, 4.69) is 22.1 Å². The van der Waals surface area contributed by atoms with Crippen molar-refractivity contribution in [2.75, 3.05) is 17.7 Å². The Balaban J connectivity index is 1.45. The van der Waals surface area contributed by atoms with Crippen molar-refractivity contribution in [2.45, 2.75) is 64.3 Å². The standard InChI is InChI=1S/C27H32N4O4S2/c1-5-15-31-24(18(4)35-19-13-11-17(3)12-14-19)29-30-27(31)36-16-22(32)28-25-23(26(33)34-6-2)20-9-7-8-10-21(20)37-25/h5,11-14,18H,1,6-10,15-16H2,2-4H3,(H,28,32). The quantitative estimate of drug-likeness (QED) is 0.188. The van der Waals surface area contributed by atoms with Crippen LogP contribution in [0.5, 0.6) is 5.75 Å². The van der Waals surface area contributed by atoms with Gasteiger partial charge in [-0.25, -0.2) is 4.79 Å². The van der Waals surface area contributed by atoms with Crippen LogP contribution in [-0.2, 0) is 28.9 Å². The van der Waals surface area contributed by atoms with Crippen molar-refractivity contribution in [3.63, 3.8) is 0 Å². The Kier molecular flexibility index (Phi) is 9.04. The van der Waals surface area contributed by atoms with Crippen LogP contribution in [0, 0.1) is 6.92 Å². The number of hydrogen-bond acceptors (Lipinski definition) is 8. The van der Waals surface area contributed by atoms with Gasteiger partial charge in [0.1, 0.15) is 10.8 Å². The molecular weight excluding hydrogens is 508 g/mol. The number of benzene rings is 1. The van der Waals surface area contributed by atoms with Crippen LogP contribution in [0.2, 0.25) is 0 Å². The monoisotopic (exact) mass is 540 g/mol. The zero-order valence-corrected chi connectivity index (χ0v) is 23.0. The van der Waals surface area contributed by atoms with Crippen LogP contribution in [-0.4, -0.2) is 39.0 Å². The van der Waals surface area contributed by atoms with E-state index in [4.69, 9.17) is 9.47 Å². The van der Waals surface area contributed by atoms with E-state index in [0.29, 0.717) is 34.7 Å². The third-order valence-corrected chi connectivity index (χ3v) is 8.16. The Hall–Kier alpha value is -3.11. The van der Waals surface area contributed by atoms with Gasteiger partial charge >= 0.3 is 5.97 Å². The van der Waals surface area contributed by atoms with Gasteiger partial charge in [-0.1, -0.05) is 35.5 Å². The van der Waals surface area contributed by atoms with Gasteiger partial charge in [0.15, 0.2) is 17.1 Å². The van der Waals surface area contributed by atoms with E-state index >= 15 is 0 Å². The van der Waals surface area contributed by atoms with Gasteiger partial charge in [-0.15, -0.1) is 28.1 Å². The lowest BCUT2D eigenvalue weighted by Crippen LogP contribution is -2.17. The molecule has 1 aliphatic carbocycles. The molecule has 10 heteroatoms. The lowest BCUT2D eigenvalue weighted by Gasteiger charge is -2.16. The summed E-state index contributed by atoms with van der Waals surface area (Å²) >= 11 is 2.76. The molecule has 1 aromatic carbocycles. The van der Waals surface area contributed by atoms with E-state index < -0.39 is 0 Å². The average molecular weight is 541 g/mol. The minimum absolute atomic E-state index is 0.118. The first kappa shape index (κ1) is 26.9. The molecule has 196 valence electrons. The highest BCUT2D eigenvalue weighted by Crippen LogP contribution is 2.38. The SMILES string of the molecule is C=CCn1c(SCC(=O)Nc2sc3c(c2C(=O)OCC)CCCC3)nnc1C(C)Oc1ccc(C)cc1.